The van der Waals surface area contributed by atoms with Gasteiger partial charge in [-0.2, -0.15) is 0 Å². The number of rotatable bonds is 3. The summed E-state index contributed by atoms with van der Waals surface area (Å²) in [6.45, 7) is 1.86. The van der Waals surface area contributed by atoms with Gasteiger partial charge in [-0.25, -0.2) is 15.0 Å². The number of hydrogen-bond acceptors (Lipinski definition) is 6. The molecule has 0 amide bonds. The molecule has 8 nitrogen and oxygen atoms in total. The average Bonchev–Trinajstić information content (AvgIpc) is 2.89. The van der Waals surface area contributed by atoms with E-state index in [1.165, 1.54) is 24.5 Å². The molecule has 20 heavy (non-hydrogen) atoms. The van der Waals surface area contributed by atoms with Gasteiger partial charge in [-0.05, 0) is 13.0 Å². The molecule has 0 N–H and O–H groups in total. The fourth-order valence-electron chi connectivity index (χ4n) is 1.34. The van der Waals surface area contributed by atoms with E-state index in [0.717, 1.165) is 5.84 Å². The van der Waals surface area contributed by atoms with Gasteiger partial charge < -0.3 is 9.32 Å². The van der Waals surface area contributed by atoms with Gasteiger partial charge in [-0.15, -0.1) is 0 Å². The number of amidine groups is 1. The monoisotopic (exact) mass is 275 g/mol. The van der Waals surface area contributed by atoms with Crippen molar-refractivity contribution in [3.63, 3.8) is 0 Å². The molecule has 0 aliphatic heterocycles. The first-order valence-corrected chi connectivity index (χ1v) is 5.76. The molecule has 104 valence electrons. The van der Waals surface area contributed by atoms with Crippen LogP contribution in [0.15, 0.2) is 33.9 Å². The molecule has 2 heterocycles. The summed E-state index contributed by atoms with van der Waals surface area (Å²) in [7, 11) is 3.77. The maximum absolute atomic E-state index is 10.5. The van der Waals surface area contributed by atoms with Crippen LogP contribution in [0.1, 0.15) is 6.92 Å². The Morgan fingerprint density at radius 1 is 1.35 bits per heavy atom. The Morgan fingerprint density at radius 3 is 2.50 bits per heavy atom. The quantitative estimate of drug-likeness (QED) is 0.369. The number of furan rings is 1. The van der Waals surface area contributed by atoms with Crippen molar-refractivity contribution in [2.24, 2.45) is 4.99 Å². The Labute approximate surface area is 114 Å². The molecule has 8 heteroatoms. The summed E-state index contributed by atoms with van der Waals surface area (Å²) in [5.74, 6) is 1.00. The van der Waals surface area contributed by atoms with E-state index in [2.05, 4.69) is 15.0 Å². The van der Waals surface area contributed by atoms with Crippen LogP contribution in [-0.4, -0.2) is 39.7 Å². The van der Waals surface area contributed by atoms with Crippen molar-refractivity contribution in [1.29, 1.82) is 0 Å². The van der Waals surface area contributed by atoms with Crippen molar-refractivity contribution in [1.82, 2.24) is 14.9 Å². The molecule has 0 radical (unpaired) electrons. The molecule has 2 aromatic rings. The second-order valence-electron chi connectivity index (χ2n) is 4.21. The summed E-state index contributed by atoms with van der Waals surface area (Å²) < 4.78 is 5.02. The zero-order chi connectivity index (χ0) is 14.7. The molecule has 0 bridgehead atoms. The van der Waals surface area contributed by atoms with E-state index in [1.54, 1.807) is 0 Å². The molecule has 0 atom stereocenters. The number of aromatic nitrogens is 2. The first-order valence-electron chi connectivity index (χ1n) is 5.76. The molecule has 0 aromatic carbocycles. The van der Waals surface area contributed by atoms with E-state index in [9.17, 15) is 10.1 Å². The molecule has 0 saturated carbocycles. The second-order valence-corrected chi connectivity index (χ2v) is 4.21. The van der Waals surface area contributed by atoms with Crippen LogP contribution >= 0.6 is 0 Å². The van der Waals surface area contributed by atoms with E-state index >= 15 is 0 Å². The number of aliphatic imine (C=N–C) groups is 1. The van der Waals surface area contributed by atoms with Crippen LogP contribution in [0.4, 0.5) is 11.6 Å². The molecule has 0 aliphatic rings. The van der Waals surface area contributed by atoms with Gasteiger partial charge >= 0.3 is 5.88 Å². The van der Waals surface area contributed by atoms with Gasteiger partial charge in [-0.1, -0.05) is 0 Å². The highest BCUT2D eigenvalue weighted by molar-refractivity contribution is 5.81. The smallest absolute Gasteiger partial charge is 0.397 e. The minimum Gasteiger partial charge on any atom is -0.397 e. The second kappa shape index (κ2) is 5.47. The molecule has 0 spiro atoms. The lowest BCUT2D eigenvalue weighted by Crippen LogP contribution is -2.17. The maximum Gasteiger partial charge on any atom is 0.433 e. The predicted octanol–water partition coefficient (Wildman–Crippen LogP) is 2.26. The Hall–Kier alpha value is -2.77. The SMILES string of the molecule is C/C(=N\c1cnc(-c2ccc([N+](=O)[O-])o2)nc1)N(C)C. The van der Waals surface area contributed by atoms with Gasteiger partial charge in [0.15, 0.2) is 11.6 Å². The van der Waals surface area contributed by atoms with Crippen molar-refractivity contribution in [3.8, 4) is 11.6 Å². The minimum atomic E-state index is -0.609. The fraction of sp³-hybridized carbons (Fsp3) is 0.250. The van der Waals surface area contributed by atoms with E-state index in [-0.39, 0.29) is 17.5 Å². The van der Waals surface area contributed by atoms with Crippen LogP contribution in [-0.2, 0) is 0 Å². The summed E-state index contributed by atoms with van der Waals surface area (Å²) in [5, 5.41) is 10.5. The molecule has 0 aliphatic carbocycles. The van der Waals surface area contributed by atoms with Crippen LogP contribution in [0.3, 0.4) is 0 Å². The maximum atomic E-state index is 10.5. The zero-order valence-corrected chi connectivity index (χ0v) is 11.3. The number of hydrogen-bond donors (Lipinski definition) is 0. The van der Waals surface area contributed by atoms with E-state index in [1.807, 2.05) is 25.9 Å². The van der Waals surface area contributed by atoms with Gasteiger partial charge in [-0.3, -0.25) is 10.1 Å². The number of nitro groups is 1. The summed E-state index contributed by atoms with van der Waals surface area (Å²) in [5.41, 5.74) is 0.598. The van der Waals surface area contributed by atoms with Gasteiger partial charge in [0, 0.05) is 14.1 Å². The van der Waals surface area contributed by atoms with Gasteiger partial charge in [0.05, 0.1) is 18.5 Å². The number of nitrogens with zero attached hydrogens (tertiary/aromatic N) is 5. The molecule has 0 unspecified atom stereocenters. The lowest BCUT2D eigenvalue weighted by Gasteiger charge is -2.10. The summed E-state index contributed by atoms with van der Waals surface area (Å²) in [4.78, 5) is 24.3. The molecule has 2 aromatic heterocycles. The predicted molar refractivity (Wildman–Crippen MR) is 72.8 cm³/mol. The third-order valence-corrected chi connectivity index (χ3v) is 2.57. The van der Waals surface area contributed by atoms with Gasteiger partial charge in [0.25, 0.3) is 0 Å². The summed E-state index contributed by atoms with van der Waals surface area (Å²) in [6.07, 6.45) is 3.06. The molecule has 0 saturated heterocycles. The fourth-order valence-corrected chi connectivity index (χ4v) is 1.34. The van der Waals surface area contributed by atoms with Gasteiger partial charge in [0.1, 0.15) is 16.4 Å². The Morgan fingerprint density at radius 2 is 2.00 bits per heavy atom. The summed E-state index contributed by atoms with van der Waals surface area (Å²) in [6, 6.07) is 2.72. The Kier molecular flexibility index (Phi) is 3.74. The van der Waals surface area contributed by atoms with Crippen LogP contribution in [0.5, 0.6) is 0 Å². The molecule has 0 fully saturated rings. The highest BCUT2D eigenvalue weighted by Gasteiger charge is 2.14. The van der Waals surface area contributed by atoms with Crippen molar-refractivity contribution >= 4 is 17.4 Å². The van der Waals surface area contributed by atoms with Crippen molar-refractivity contribution < 1.29 is 9.34 Å². The van der Waals surface area contributed by atoms with Crippen molar-refractivity contribution in [2.45, 2.75) is 6.92 Å². The lowest BCUT2D eigenvalue weighted by atomic mass is 10.4. The van der Waals surface area contributed by atoms with Crippen molar-refractivity contribution in [3.05, 3.63) is 34.6 Å². The first kappa shape index (κ1) is 13.7. The highest BCUT2D eigenvalue weighted by atomic mass is 16.6. The summed E-state index contributed by atoms with van der Waals surface area (Å²) >= 11 is 0. The lowest BCUT2D eigenvalue weighted by molar-refractivity contribution is -0.401. The van der Waals surface area contributed by atoms with Gasteiger partial charge in [0.2, 0.25) is 0 Å². The third kappa shape index (κ3) is 2.97. The molecular formula is C12H13N5O3. The van der Waals surface area contributed by atoms with E-state index in [0.29, 0.717) is 5.69 Å². The van der Waals surface area contributed by atoms with E-state index < -0.39 is 4.92 Å². The van der Waals surface area contributed by atoms with Crippen molar-refractivity contribution in [2.75, 3.05) is 14.1 Å². The largest absolute Gasteiger partial charge is 0.433 e. The Balaban J connectivity index is 2.23. The van der Waals surface area contributed by atoms with Crippen LogP contribution in [0.2, 0.25) is 0 Å². The van der Waals surface area contributed by atoms with Crippen LogP contribution in [0.25, 0.3) is 11.6 Å². The third-order valence-electron chi connectivity index (χ3n) is 2.57. The highest BCUT2D eigenvalue weighted by Crippen LogP contribution is 2.23. The zero-order valence-electron chi connectivity index (χ0n) is 11.3. The normalized spacial score (nSPS) is 11.4. The average molecular weight is 275 g/mol. The Bertz CT molecular complexity index is 645. The van der Waals surface area contributed by atoms with Crippen LogP contribution < -0.4 is 0 Å². The molecular weight excluding hydrogens is 262 g/mol. The first-order chi connectivity index (χ1) is 9.47. The van der Waals surface area contributed by atoms with E-state index in [4.69, 9.17) is 4.42 Å². The standard InChI is InChI=1S/C12H13N5O3/c1-8(16(2)3)15-9-6-13-12(14-7-9)10-4-5-11(20-10)17(18)19/h4-7H,1-3H3/b15-8+. The minimum absolute atomic E-state index is 0.247. The molecule has 2 rings (SSSR count). The topological polar surface area (TPSA) is 97.7 Å². The van der Waals surface area contributed by atoms with Crippen LogP contribution in [0, 0.1) is 10.1 Å².